The summed E-state index contributed by atoms with van der Waals surface area (Å²) >= 11 is 0. The van der Waals surface area contributed by atoms with E-state index >= 15 is 0 Å². The third-order valence-corrected chi connectivity index (χ3v) is 3.41. The summed E-state index contributed by atoms with van der Waals surface area (Å²) in [5.41, 5.74) is 2.79. The molecule has 2 atom stereocenters. The molecule has 4 nitrogen and oxygen atoms in total. The zero-order valence-corrected chi connectivity index (χ0v) is 11.5. The normalized spacial score (nSPS) is 29.6. The van der Waals surface area contributed by atoms with Crippen LogP contribution in [0.25, 0.3) is 0 Å². The van der Waals surface area contributed by atoms with Crippen molar-refractivity contribution < 1.29 is 4.74 Å². The summed E-state index contributed by atoms with van der Waals surface area (Å²) in [6.07, 6.45) is 1.04. The molecule has 0 aromatic rings. The van der Waals surface area contributed by atoms with Gasteiger partial charge in [-0.1, -0.05) is 0 Å². The maximum atomic E-state index is 6.10. The number of ether oxygens (including phenoxy) is 1. The van der Waals surface area contributed by atoms with E-state index in [0.29, 0.717) is 5.92 Å². The molecule has 0 aromatic heterocycles. The van der Waals surface area contributed by atoms with Gasteiger partial charge in [0.25, 0.3) is 0 Å². The van der Waals surface area contributed by atoms with Crippen LogP contribution in [0.5, 0.6) is 0 Å². The molecule has 1 heterocycles. The SMILES string of the molecule is CN(C)CC(NN)C1CC(C)(C)OC1(C)C. The van der Waals surface area contributed by atoms with Gasteiger partial charge in [-0.3, -0.25) is 11.3 Å². The average Bonchev–Trinajstić information content (AvgIpc) is 2.29. The first kappa shape index (κ1) is 13.9. The van der Waals surface area contributed by atoms with Crippen molar-refractivity contribution in [3.63, 3.8) is 0 Å². The lowest BCUT2D eigenvalue weighted by Gasteiger charge is -2.33. The molecule has 16 heavy (non-hydrogen) atoms. The van der Waals surface area contributed by atoms with Gasteiger partial charge in [-0.25, -0.2) is 0 Å². The largest absolute Gasteiger partial charge is 0.369 e. The third kappa shape index (κ3) is 3.17. The first-order valence-electron chi connectivity index (χ1n) is 5.99. The summed E-state index contributed by atoms with van der Waals surface area (Å²) in [6.45, 7) is 9.55. The molecule has 4 heteroatoms. The molecule has 0 amide bonds. The number of rotatable bonds is 4. The number of hydrogen-bond acceptors (Lipinski definition) is 4. The van der Waals surface area contributed by atoms with Crippen molar-refractivity contribution in [1.82, 2.24) is 10.3 Å². The van der Waals surface area contributed by atoms with Crippen LogP contribution < -0.4 is 11.3 Å². The topological polar surface area (TPSA) is 50.5 Å². The Morgan fingerprint density at radius 2 is 1.94 bits per heavy atom. The van der Waals surface area contributed by atoms with E-state index < -0.39 is 0 Å². The van der Waals surface area contributed by atoms with E-state index in [1.54, 1.807) is 0 Å². The van der Waals surface area contributed by atoms with Gasteiger partial charge < -0.3 is 9.64 Å². The van der Waals surface area contributed by atoms with Crippen molar-refractivity contribution in [3.8, 4) is 0 Å². The van der Waals surface area contributed by atoms with Crippen molar-refractivity contribution in [2.45, 2.75) is 51.4 Å². The van der Waals surface area contributed by atoms with E-state index in [-0.39, 0.29) is 17.2 Å². The zero-order chi connectivity index (χ0) is 12.6. The molecule has 0 radical (unpaired) electrons. The first-order valence-corrected chi connectivity index (χ1v) is 5.99. The van der Waals surface area contributed by atoms with E-state index in [4.69, 9.17) is 10.6 Å². The lowest BCUT2D eigenvalue weighted by molar-refractivity contribution is -0.0782. The minimum absolute atomic E-state index is 0.0461. The van der Waals surface area contributed by atoms with Crippen LogP contribution in [0.3, 0.4) is 0 Å². The summed E-state index contributed by atoms with van der Waals surface area (Å²) < 4.78 is 6.10. The molecule has 1 fully saturated rings. The van der Waals surface area contributed by atoms with Gasteiger partial charge in [0.05, 0.1) is 11.2 Å². The third-order valence-electron chi connectivity index (χ3n) is 3.41. The first-order chi connectivity index (χ1) is 7.18. The van der Waals surface area contributed by atoms with Gasteiger partial charge in [-0.15, -0.1) is 0 Å². The number of nitrogens with one attached hydrogen (secondary N) is 1. The van der Waals surface area contributed by atoms with Crippen LogP contribution in [-0.2, 0) is 4.74 Å². The van der Waals surface area contributed by atoms with E-state index in [0.717, 1.165) is 13.0 Å². The molecule has 0 spiro atoms. The second-order valence-corrected chi connectivity index (χ2v) is 6.31. The predicted molar refractivity (Wildman–Crippen MR) is 67.0 cm³/mol. The average molecular weight is 229 g/mol. The van der Waals surface area contributed by atoms with Crippen LogP contribution in [-0.4, -0.2) is 42.8 Å². The maximum Gasteiger partial charge on any atom is 0.0678 e. The Bertz CT molecular complexity index is 238. The second-order valence-electron chi connectivity index (χ2n) is 6.31. The lowest BCUT2D eigenvalue weighted by atomic mass is 9.81. The fraction of sp³-hybridized carbons (Fsp3) is 1.00. The summed E-state index contributed by atoms with van der Waals surface area (Å²) in [5.74, 6) is 6.12. The molecule has 0 saturated carbocycles. The monoisotopic (exact) mass is 229 g/mol. The highest BCUT2D eigenvalue weighted by molar-refractivity contribution is 4.99. The number of likely N-dealkylation sites (N-methyl/N-ethyl adjacent to an activating group) is 1. The molecule has 1 aliphatic heterocycles. The molecule has 2 unspecified atom stereocenters. The molecule has 1 saturated heterocycles. The minimum atomic E-state index is -0.115. The molecule has 0 aromatic carbocycles. The van der Waals surface area contributed by atoms with Gasteiger partial charge in [-0.2, -0.15) is 0 Å². The number of nitrogens with zero attached hydrogens (tertiary/aromatic N) is 1. The van der Waals surface area contributed by atoms with Gasteiger partial charge in [0.15, 0.2) is 0 Å². The quantitative estimate of drug-likeness (QED) is 0.557. The molecule has 0 bridgehead atoms. The summed E-state index contributed by atoms with van der Waals surface area (Å²) in [7, 11) is 4.14. The Morgan fingerprint density at radius 1 is 1.38 bits per heavy atom. The van der Waals surface area contributed by atoms with Crippen LogP contribution in [0.15, 0.2) is 0 Å². The Labute approximate surface area is 99.5 Å². The van der Waals surface area contributed by atoms with Crippen LogP contribution in [0.4, 0.5) is 0 Å². The van der Waals surface area contributed by atoms with Gasteiger partial charge in [0, 0.05) is 18.5 Å². The van der Waals surface area contributed by atoms with Crippen molar-refractivity contribution in [2.24, 2.45) is 11.8 Å². The maximum absolute atomic E-state index is 6.10. The fourth-order valence-corrected chi connectivity index (χ4v) is 2.92. The van der Waals surface area contributed by atoms with Crippen LogP contribution in [0.2, 0.25) is 0 Å². The molecular formula is C12H27N3O. The molecule has 1 aliphatic rings. The van der Waals surface area contributed by atoms with E-state index in [1.165, 1.54) is 0 Å². The van der Waals surface area contributed by atoms with Crippen LogP contribution >= 0.6 is 0 Å². The van der Waals surface area contributed by atoms with E-state index in [1.807, 2.05) is 0 Å². The van der Waals surface area contributed by atoms with Crippen LogP contribution in [0, 0.1) is 5.92 Å². The van der Waals surface area contributed by atoms with E-state index in [9.17, 15) is 0 Å². The Balaban J connectivity index is 2.77. The van der Waals surface area contributed by atoms with Crippen LogP contribution in [0.1, 0.15) is 34.1 Å². The van der Waals surface area contributed by atoms with Crippen molar-refractivity contribution in [3.05, 3.63) is 0 Å². The number of hydrogen-bond donors (Lipinski definition) is 2. The molecule has 3 N–H and O–H groups in total. The smallest absolute Gasteiger partial charge is 0.0678 e. The van der Waals surface area contributed by atoms with E-state index in [2.05, 4.69) is 52.1 Å². The highest BCUT2D eigenvalue weighted by Gasteiger charge is 2.48. The summed E-state index contributed by atoms with van der Waals surface area (Å²) in [6, 6.07) is 0.270. The fourth-order valence-electron chi connectivity index (χ4n) is 2.92. The predicted octanol–water partition coefficient (Wildman–Crippen LogP) is 0.974. The van der Waals surface area contributed by atoms with Gasteiger partial charge in [0.1, 0.15) is 0 Å². The minimum Gasteiger partial charge on any atom is -0.369 e. The summed E-state index contributed by atoms with van der Waals surface area (Å²) in [4.78, 5) is 2.16. The number of hydrazine groups is 1. The highest BCUT2D eigenvalue weighted by atomic mass is 16.5. The van der Waals surface area contributed by atoms with Crippen molar-refractivity contribution in [2.75, 3.05) is 20.6 Å². The zero-order valence-electron chi connectivity index (χ0n) is 11.5. The molecule has 0 aliphatic carbocycles. The summed E-state index contributed by atoms with van der Waals surface area (Å²) in [5, 5.41) is 0. The lowest BCUT2D eigenvalue weighted by Crippen LogP contribution is -2.51. The Morgan fingerprint density at radius 3 is 2.25 bits per heavy atom. The van der Waals surface area contributed by atoms with Gasteiger partial charge >= 0.3 is 0 Å². The van der Waals surface area contributed by atoms with Gasteiger partial charge in [0.2, 0.25) is 0 Å². The highest BCUT2D eigenvalue weighted by Crippen LogP contribution is 2.43. The Hall–Kier alpha value is -0.160. The molecule has 1 rings (SSSR count). The second kappa shape index (κ2) is 4.61. The van der Waals surface area contributed by atoms with Crippen molar-refractivity contribution in [1.29, 1.82) is 0 Å². The standard InChI is InChI=1S/C12H27N3O/c1-11(2)7-9(12(3,4)16-11)10(14-13)8-15(5)6/h9-10,14H,7-8,13H2,1-6H3. The Kier molecular flexibility index (Phi) is 4.00. The number of nitrogens with two attached hydrogens (primary N) is 1. The van der Waals surface area contributed by atoms with Crippen molar-refractivity contribution >= 4 is 0 Å². The molecule has 96 valence electrons. The van der Waals surface area contributed by atoms with Gasteiger partial charge in [-0.05, 0) is 48.2 Å². The molecular weight excluding hydrogens is 202 g/mol.